The van der Waals surface area contributed by atoms with E-state index in [0.29, 0.717) is 0 Å². The Morgan fingerprint density at radius 3 is 2.43 bits per heavy atom. The number of hydrogen-bond donors (Lipinski definition) is 4. The fourth-order valence-corrected chi connectivity index (χ4v) is 1.90. The number of benzene rings is 1. The minimum Gasteiger partial charge on any atom is -0.595 e. The molecule has 0 saturated carbocycles. The number of nitrogens with zero attached hydrogens (tertiary/aromatic N) is 1. The van der Waals surface area contributed by atoms with Gasteiger partial charge in [0.2, 0.25) is 0 Å². The second-order valence-electron chi connectivity index (χ2n) is 3.84. The largest absolute Gasteiger partial charge is 0.595 e. The molecule has 114 valence electrons. The average molecular weight is 318 g/mol. The Morgan fingerprint density at radius 2 is 2.00 bits per heavy atom. The summed E-state index contributed by atoms with van der Waals surface area (Å²) in [5.74, 6) is -2.43. The highest BCUT2D eigenvalue weighted by Gasteiger charge is 2.30. The van der Waals surface area contributed by atoms with Gasteiger partial charge in [0.15, 0.2) is 17.3 Å². The molecule has 9 nitrogen and oxygen atoms in total. The summed E-state index contributed by atoms with van der Waals surface area (Å²) in [5.41, 5.74) is -1.13. The summed E-state index contributed by atoms with van der Waals surface area (Å²) < 4.78 is 4.69. The van der Waals surface area contributed by atoms with E-state index in [-0.39, 0.29) is 17.2 Å². The third-order valence-electron chi connectivity index (χ3n) is 2.56. The molecular weight excluding hydrogens is 306 g/mol. The van der Waals surface area contributed by atoms with Crippen molar-refractivity contribution in [3.8, 4) is 6.07 Å². The quantitative estimate of drug-likeness (QED) is 0.415. The first kappa shape index (κ1) is 17.3. The van der Waals surface area contributed by atoms with Gasteiger partial charge in [0.1, 0.15) is 5.02 Å². The van der Waals surface area contributed by atoms with E-state index in [0.717, 1.165) is 12.1 Å². The van der Waals surface area contributed by atoms with Gasteiger partial charge in [-0.15, -0.1) is 0 Å². The van der Waals surface area contributed by atoms with E-state index < -0.39 is 33.7 Å². The van der Waals surface area contributed by atoms with Gasteiger partial charge in [-0.1, -0.05) is 11.6 Å². The fraction of sp³-hybridized carbons (Fsp3) is 0.273. The molecule has 0 saturated heterocycles. The van der Waals surface area contributed by atoms with E-state index in [4.69, 9.17) is 27.3 Å². The van der Waals surface area contributed by atoms with Gasteiger partial charge >= 0.3 is 5.97 Å². The van der Waals surface area contributed by atoms with Crippen LogP contribution in [0.15, 0.2) is 12.1 Å². The minimum atomic E-state index is -1.50. The van der Waals surface area contributed by atoms with Crippen LogP contribution in [0.2, 0.25) is 5.02 Å². The predicted molar refractivity (Wildman–Crippen MR) is 68.0 cm³/mol. The molecule has 0 fully saturated rings. The summed E-state index contributed by atoms with van der Waals surface area (Å²) in [5, 5.41) is 46.1. The number of halogens is 1. The Kier molecular flexibility index (Phi) is 6.01. The normalized spacial score (nSPS) is 14.9. The summed E-state index contributed by atoms with van der Waals surface area (Å²) in [4.78, 5) is 11.7. The van der Waals surface area contributed by atoms with Gasteiger partial charge in [-0.2, -0.15) is 15.7 Å². The zero-order valence-corrected chi connectivity index (χ0v) is 11.5. The third-order valence-corrected chi connectivity index (χ3v) is 2.88. The van der Waals surface area contributed by atoms with Gasteiger partial charge < -0.3 is 15.2 Å². The van der Waals surface area contributed by atoms with Crippen molar-refractivity contribution >= 4 is 28.9 Å². The molecule has 0 bridgehead atoms. The molecule has 0 amide bonds. The van der Waals surface area contributed by atoms with E-state index in [1.165, 1.54) is 6.92 Å². The Morgan fingerprint density at radius 1 is 1.43 bits per heavy atom. The van der Waals surface area contributed by atoms with Crippen molar-refractivity contribution in [3.05, 3.63) is 33.1 Å². The van der Waals surface area contributed by atoms with Crippen LogP contribution >= 0.6 is 11.6 Å². The second kappa shape index (κ2) is 7.30. The smallest absolute Gasteiger partial charge is 0.328 e. The maximum atomic E-state index is 11.7. The number of esters is 1. The summed E-state index contributed by atoms with van der Waals surface area (Å²) in [6, 6.07) is 3.43. The third kappa shape index (κ3) is 3.87. The van der Waals surface area contributed by atoms with Crippen molar-refractivity contribution in [2.24, 2.45) is 0 Å². The fourth-order valence-electron chi connectivity index (χ4n) is 1.65. The van der Waals surface area contributed by atoms with Crippen molar-refractivity contribution < 1.29 is 30.4 Å². The van der Waals surface area contributed by atoms with Gasteiger partial charge in [-0.25, -0.2) is 10.4 Å². The van der Waals surface area contributed by atoms with Crippen LogP contribution in [0.3, 0.4) is 0 Å². The molecule has 0 heterocycles. The topological polar surface area (TPSA) is 146 Å². The number of hydrogen-bond acceptors (Lipinski definition) is 7. The van der Waals surface area contributed by atoms with Crippen molar-refractivity contribution in [2.75, 3.05) is 6.61 Å². The van der Waals surface area contributed by atoms with Crippen molar-refractivity contribution in [1.29, 1.82) is 5.26 Å². The lowest BCUT2D eigenvalue weighted by Crippen LogP contribution is -3.01. The number of carbonyl (C=O) groups excluding carboxylic acids is 1. The molecule has 4 N–H and O–H groups in total. The van der Waals surface area contributed by atoms with Crippen LogP contribution in [0.1, 0.15) is 18.4 Å². The van der Waals surface area contributed by atoms with Gasteiger partial charge in [-0.05, 0) is 13.0 Å². The molecule has 0 aliphatic carbocycles. The number of carbonyl (C=O) groups is 1. The highest BCUT2D eigenvalue weighted by molar-refractivity contribution is 6.32. The van der Waals surface area contributed by atoms with Crippen LogP contribution in [-0.2, 0) is 9.53 Å². The van der Waals surface area contributed by atoms with E-state index in [2.05, 4.69) is 4.74 Å². The Balaban J connectivity index is 3.43. The molecule has 3 atom stereocenters. The molecule has 0 spiro atoms. The second-order valence-corrected chi connectivity index (χ2v) is 4.25. The molecular formula is C11H12ClN3O6. The predicted octanol–water partition coefficient (Wildman–Crippen LogP) is -0.683. The van der Waals surface area contributed by atoms with E-state index in [1.54, 1.807) is 6.07 Å². The Bertz CT molecular complexity index is 572. The molecule has 1 aromatic carbocycles. The number of nitriles is 1. The zero-order chi connectivity index (χ0) is 16.2. The Hall–Kier alpha value is -1.77. The van der Waals surface area contributed by atoms with E-state index >= 15 is 0 Å². The summed E-state index contributed by atoms with van der Waals surface area (Å²) in [6.45, 7) is 1.55. The van der Waals surface area contributed by atoms with E-state index in [9.17, 15) is 15.2 Å². The molecule has 1 aromatic rings. The average Bonchev–Trinajstić information content (AvgIpc) is 2.39. The van der Waals surface area contributed by atoms with Crippen LogP contribution in [-0.4, -0.2) is 23.0 Å². The van der Waals surface area contributed by atoms with Gasteiger partial charge in [0.25, 0.3) is 0 Å². The molecule has 0 aliphatic rings. The first-order chi connectivity index (χ1) is 9.83. The van der Waals surface area contributed by atoms with Crippen molar-refractivity contribution in [3.63, 3.8) is 0 Å². The van der Waals surface area contributed by atoms with Gasteiger partial charge in [0, 0.05) is 5.56 Å². The minimum absolute atomic E-state index is 0.0142. The van der Waals surface area contributed by atoms with Crippen molar-refractivity contribution in [1.82, 2.24) is 0 Å². The van der Waals surface area contributed by atoms with Crippen LogP contribution in [0.25, 0.3) is 0 Å². The van der Waals surface area contributed by atoms with Crippen LogP contribution in [0.4, 0.5) is 11.4 Å². The Labute approximate surface area is 124 Å². The maximum Gasteiger partial charge on any atom is 0.328 e. The van der Waals surface area contributed by atoms with Crippen LogP contribution < -0.4 is 10.5 Å². The summed E-state index contributed by atoms with van der Waals surface area (Å²) in [7, 11) is 0. The molecule has 0 aromatic heterocycles. The molecule has 1 rings (SSSR count). The number of quaternary nitrogens is 2. The number of nitrogens with one attached hydrogen (secondary N) is 2. The first-order valence-corrected chi connectivity index (χ1v) is 6.07. The van der Waals surface area contributed by atoms with Crippen LogP contribution in [0.5, 0.6) is 0 Å². The monoisotopic (exact) mass is 317 g/mol. The SMILES string of the molecule is CCOC(=O)C(C#N)c1cc(Cl)c([NH+]([O-])O)cc1[NH+]([O-])O. The highest BCUT2D eigenvalue weighted by atomic mass is 35.5. The molecule has 0 aliphatic heterocycles. The molecule has 3 unspecified atom stereocenters. The molecule has 10 heteroatoms. The molecule has 0 radical (unpaired) electrons. The lowest BCUT2D eigenvalue weighted by atomic mass is 9.98. The lowest BCUT2D eigenvalue weighted by Gasteiger charge is -2.20. The molecule has 21 heavy (non-hydrogen) atoms. The first-order valence-electron chi connectivity index (χ1n) is 5.69. The standard InChI is InChI=1S/C11H12ClN3O6/c1-2-21-11(16)7(5-13)6-3-8(12)10(15(19)20)4-9(6)14(17)18/h3-4,7,14-15,17,19H,2H2,1H3. The number of ether oxygens (including phenoxy) is 1. The summed E-state index contributed by atoms with van der Waals surface area (Å²) in [6.07, 6.45) is 0. The van der Waals surface area contributed by atoms with Gasteiger partial charge in [0.05, 0.1) is 18.7 Å². The zero-order valence-electron chi connectivity index (χ0n) is 10.8. The highest BCUT2D eigenvalue weighted by Crippen LogP contribution is 2.30. The maximum absolute atomic E-state index is 11.7. The van der Waals surface area contributed by atoms with Crippen molar-refractivity contribution in [2.45, 2.75) is 12.8 Å². The lowest BCUT2D eigenvalue weighted by molar-refractivity contribution is -0.996. The van der Waals surface area contributed by atoms with E-state index in [1.807, 2.05) is 0 Å². The number of rotatable bonds is 5. The summed E-state index contributed by atoms with van der Waals surface area (Å²) >= 11 is 5.75. The van der Waals surface area contributed by atoms with Gasteiger partial charge in [-0.3, -0.25) is 4.79 Å². The van der Waals surface area contributed by atoms with Crippen LogP contribution in [0, 0.1) is 21.7 Å².